The van der Waals surface area contributed by atoms with Gasteiger partial charge in [-0.25, -0.2) is 0 Å². The van der Waals surface area contributed by atoms with Gasteiger partial charge in [0.2, 0.25) is 5.56 Å². The van der Waals surface area contributed by atoms with Crippen LogP contribution in [0.4, 0.5) is 0 Å². The Kier molecular flexibility index (Phi) is 1.55. The Morgan fingerprint density at radius 3 is 3.08 bits per heavy atom. The molecule has 2 heterocycles. The molecule has 0 spiro atoms. The topological polar surface area (TPSA) is 42.1 Å². The van der Waals surface area contributed by atoms with E-state index in [1.807, 2.05) is 6.08 Å². The number of rotatable bonds is 0. The van der Waals surface area contributed by atoms with Gasteiger partial charge in [0.25, 0.3) is 0 Å². The molecule has 1 N–H and O–H groups in total. The van der Waals surface area contributed by atoms with Gasteiger partial charge in [-0.3, -0.25) is 4.79 Å². The molecule has 0 saturated heterocycles. The van der Waals surface area contributed by atoms with E-state index < -0.39 is 0 Å². The average molecular weight is 161 g/mol. The van der Waals surface area contributed by atoms with Gasteiger partial charge in [0.15, 0.2) is 0 Å². The molecule has 1 aromatic rings. The van der Waals surface area contributed by atoms with E-state index in [4.69, 9.17) is 4.74 Å². The number of fused-ring (bicyclic) bond motifs is 1. The molecular weight excluding hydrogens is 154 g/mol. The molecule has 60 valence electrons. The summed E-state index contributed by atoms with van der Waals surface area (Å²) in [5, 5.41) is 0. The third-order valence-electron chi connectivity index (χ3n) is 1.56. The Morgan fingerprint density at radius 2 is 2.17 bits per heavy atom. The summed E-state index contributed by atoms with van der Waals surface area (Å²) in [7, 11) is 0. The smallest absolute Gasteiger partial charge is 0.248 e. The monoisotopic (exact) mass is 161 g/mol. The van der Waals surface area contributed by atoms with Crippen molar-refractivity contribution in [2.45, 2.75) is 0 Å². The van der Waals surface area contributed by atoms with Crippen molar-refractivity contribution in [1.29, 1.82) is 0 Å². The Labute approximate surface area is 69.0 Å². The highest BCUT2D eigenvalue weighted by atomic mass is 16.5. The number of aromatic nitrogens is 1. The number of hydrogen-bond acceptors (Lipinski definition) is 2. The maximum Gasteiger partial charge on any atom is 0.248 e. The molecule has 0 saturated carbocycles. The van der Waals surface area contributed by atoms with Crippen LogP contribution in [0.2, 0.25) is 0 Å². The molecular formula is C9H7NO2. The molecule has 1 aliphatic heterocycles. The molecule has 0 fully saturated rings. The second-order valence-corrected chi connectivity index (χ2v) is 2.41. The number of H-pyrrole nitrogens is 1. The maximum atomic E-state index is 10.9. The van der Waals surface area contributed by atoms with Crippen molar-refractivity contribution < 1.29 is 4.74 Å². The van der Waals surface area contributed by atoms with Crippen molar-refractivity contribution in [3.8, 4) is 5.75 Å². The zero-order valence-corrected chi connectivity index (χ0v) is 6.28. The molecule has 0 aromatic carbocycles. The van der Waals surface area contributed by atoms with E-state index in [1.165, 1.54) is 6.07 Å². The third kappa shape index (κ3) is 1.16. The van der Waals surface area contributed by atoms with Crippen molar-refractivity contribution in [3.63, 3.8) is 0 Å². The molecule has 0 radical (unpaired) electrons. The number of nitrogens with one attached hydrogen (secondary N) is 1. The van der Waals surface area contributed by atoms with E-state index in [0.29, 0.717) is 11.4 Å². The lowest BCUT2D eigenvalue weighted by molar-refractivity contribution is 0.478. The Bertz CT molecular complexity index is 401. The molecule has 0 unspecified atom stereocenters. The fourth-order valence-corrected chi connectivity index (χ4v) is 1.01. The Balaban J connectivity index is 2.60. The van der Waals surface area contributed by atoms with Gasteiger partial charge in [0, 0.05) is 6.07 Å². The standard InChI is InChI=1S/C9H7NO2/c11-9-5-4-8-7(10-9)3-1-2-6-12-8/h1-6H,(H,10,11). The molecule has 0 aliphatic carbocycles. The number of hydrogen-bond donors (Lipinski definition) is 1. The van der Waals surface area contributed by atoms with E-state index in [1.54, 1.807) is 24.5 Å². The van der Waals surface area contributed by atoms with E-state index in [0.717, 1.165) is 0 Å². The zero-order valence-electron chi connectivity index (χ0n) is 6.28. The highest BCUT2D eigenvalue weighted by Gasteiger charge is 2.01. The van der Waals surface area contributed by atoms with E-state index in [2.05, 4.69) is 4.98 Å². The highest BCUT2D eigenvalue weighted by molar-refractivity contribution is 5.55. The normalized spacial score (nSPS) is 13.3. The van der Waals surface area contributed by atoms with Crippen LogP contribution in [-0.4, -0.2) is 4.98 Å². The molecule has 12 heavy (non-hydrogen) atoms. The lowest BCUT2D eigenvalue weighted by Crippen LogP contribution is -2.05. The van der Waals surface area contributed by atoms with E-state index in [9.17, 15) is 4.79 Å². The van der Waals surface area contributed by atoms with Gasteiger partial charge in [-0.15, -0.1) is 0 Å². The first-order chi connectivity index (χ1) is 5.86. The molecule has 0 atom stereocenters. The number of pyridine rings is 1. The molecule has 3 heteroatoms. The first-order valence-electron chi connectivity index (χ1n) is 3.59. The van der Waals surface area contributed by atoms with Crippen LogP contribution < -0.4 is 10.3 Å². The summed E-state index contributed by atoms with van der Waals surface area (Å²) in [6.07, 6.45) is 6.93. The lowest BCUT2D eigenvalue weighted by Gasteiger charge is -2.00. The van der Waals surface area contributed by atoms with Crippen LogP contribution in [0.3, 0.4) is 0 Å². The van der Waals surface area contributed by atoms with Crippen LogP contribution >= 0.6 is 0 Å². The minimum Gasteiger partial charge on any atom is -0.463 e. The van der Waals surface area contributed by atoms with E-state index in [-0.39, 0.29) is 5.56 Å². The molecule has 3 nitrogen and oxygen atoms in total. The van der Waals surface area contributed by atoms with Crippen LogP contribution in [0, 0.1) is 0 Å². The van der Waals surface area contributed by atoms with Gasteiger partial charge < -0.3 is 9.72 Å². The first kappa shape index (κ1) is 6.91. The van der Waals surface area contributed by atoms with Gasteiger partial charge in [0.1, 0.15) is 5.75 Å². The van der Waals surface area contributed by atoms with Gasteiger partial charge >= 0.3 is 0 Å². The lowest BCUT2D eigenvalue weighted by atomic mass is 10.3. The molecule has 2 rings (SSSR count). The summed E-state index contributed by atoms with van der Waals surface area (Å²) in [6, 6.07) is 3.08. The van der Waals surface area contributed by atoms with Crippen molar-refractivity contribution in [1.82, 2.24) is 4.98 Å². The molecule has 0 bridgehead atoms. The van der Waals surface area contributed by atoms with Crippen molar-refractivity contribution in [2.24, 2.45) is 0 Å². The van der Waals surface area contributed by atoms with Gasteiger partial charge in [-0.05, 0) is 18.2 Å². The minimum atomic E-state index is -0.121. The quantitative estimate of drug-likeness (QED) is 0.623. The maximum absolute atomic E-state index is 10.9. The predicted octanol–water partition coefficient (Wildman–Crippen LogP) is 1.29. The predicted molar refractivity (Wildman–Crippen MR) is 45.9 cm³/mol. The summed E-state index contributed by atoms with van der Waals surface area (Å²) < 4.78 is 5.19. The average Bonchev–Trinajstić information content (AvgIpc) is 2.28. The summed E-state index contributed by atoms with van der Waals surface area (Å²) >= 11 is 0. The number of aromatic amines is 1. The van der Waals surface area contributed by atoms with Gasteiger partial charge in [-0.2, -0.15) is 0 Å². The van der Waals surface area contributed by atoms with E-state index >= 15 is 0 Å². The van der Waals surface area contributed by atoms with Crippen molar-refractivity contribution in [2.75, 3.05) is 0 Å². The fourth-order valence-electron chi connectivity index (χ4n) is 1.01. The highest BCUT2D eigenvalue weighted by Crippen LogP contribution is 2.17. The van der Waals surface area contributed by atoms with Crippen LogP contribution in [0.1, 0.15) is 5.69 Å². The third-order valence-corrected chi connectivity index (χ3v) is 1.56. The van der Waals surface area contributed by atoms with Crippen LogP contribution in [0.25, 0.3) is 6.08 Å². The number of allylic oxidation sites excluding steroid dienone is 2. The Hall–Kier alpha value is -1.77. The molecule has 1 aliphatic rings. The largest absolute Gasteiger partial charge is 0.463 e. The van der Waals surface area contributed by atoms with Crippen LogP contribution in [0.5, 0.6) is 5.75 Å². The summed E-state index contributed by atoms with van der Waals surface area (Å²) in [5.41, 5.74) is 0.580. The molecule has 0 amide bonds. The van der Waals surface area contributed by atoms with Crippen LogP contribution in [-0.2, 0) is 0 Å². The van der Waals surface area contributed by atoms with Crippen molar-refractivity contribution >= 4 is 6.08 Å². The number of ether oxygens (including phenoxy) is 1. The minimum absolute atomic E-state index is 0.121. The summed E-state index contributed by atoms with van der Waals surface area (Å²) in [5.74, 6) is 0.666. The van der Waals surface area contributed by atoms with Crippen molar-refractivity contribution in [3.05, 3.63) is 46.6 Å². The summed E-state index contributed by atoms with van der Waals surface area (Å²) in [6.45, 7) is 0. The summed E-state index contributed by atoms with van der Waals surface area (Å²) in [4.78, 5) is 13.5. The van der Waals surface area contributed by atoms with Crippen LogP contribution in [0.15, 0.2) is 35.3 Å². The fraction of sp³-hybridized carbons (Fsp3) is 0. The second kappa shape index (κ2) is 2.70. The van der Waals surface area contributed by atoms with Gasteiger partial charge in [0.05, 0.1) is 12.0 Å². The second-order valence-electron chi connectivity index (χ2n) is 2.41. The first-order valence-corrected chi connectivity index (χ1v) is 3.59. The zero-order chi connectivity index (χ0) is 8.39. The Morgan fingerprint density at radius 1 is 1.25 bits per heavy atom. The SMILES string of the molecule is O=c1ccc2c([nH]1)C=CC=CO2. The molecule has 1 aromatic heterocycles. The van der Waals surface area contributed by atoms with Gasteiger partial charge in [-0.1, -0.05) is 6.08 Å².